The third-order valence-electron chi connectivity index (χ3n) is 6.71. The summed E-state index contributed by atoms with van der Waals surface area (Å²) in [5.74, 6) is 0. The molecule has 0 aromatic rings. The summed E-state index contributed by atoms with van der Waals surface area (Å²) < 4.78 is 39.5. The second kappa shape index (κ2) is 19.2. The van der Waals surface area contributed by atoms with Crippen LogP contribution in [0.5, 0.6) is 0 Å². The molecule has 1 N–H and O–H groups in total. The molecule has 0 radical (unpaired) electrons. The highest BCUT2D eigenvalue weighted by Crippen LogP contribution is 2.21. The van der Waals surface area contributed by atoms with Crippen LogP contribution in [0.15, 0.2) is 0 Å². The molecule has 0 amide bonds. The van der Waals surface area contributed by atoms with Crippen LogP contribution in [-0.2, 0) is 30.7 Å². The SMILES string of the molecule is CO[SiH](C)[Si](C)(C)O[SiH](C)C.CO[Si](C)(C)[SiH](C)OO[Si](C)(C)C.CO[Si](C)([SiH](C)O[SiH](C)C)[Si](C)(C)O. The van der Waals surface area contributed by atoms with Gasteiger partial charge in [0.1, 0.15) is 0 Å². The Balaban J connectivity index is -0.000000487. The zero-order chi connectivity index (χ0) is 31.3. The molecule has 0 saturated heterocycles. The van der Waals surface area contributed by atoms with E-state index in [1.54, 1.807) is 14.2 Å². The van der Waals surface area contributed by atoms with Gasteiger partial charge in [-0.25, -0.2) is 0 Å². The minimum absolute atomic E-state index is 0.849. The summed E-state index contributed by atoms with van der Waals surface area (Å²) >= 11 is 0. The van der Waals surface area contributed by atoms with E-state index in [0.717, 1.165) is 0 Å². The van der Waals surface area contributed by atoms with Gasteiger partial charge >= 0.3 is 0 Å². The Morgan fingerprint density at radius 2 is 1.00 bits per heavy atom. The molecule has 234 valence electrons. The predicted molar refractivity (Wildman–Crippen MR) is 192 cm³/mol. The molecule has 4 atom stereocenters. The first-order valence-electron chi connectivity index (χ1n) is 13.8. The molecule has 18 heteroatoms. The first-order chi connectivity index (χ1) is 16.7. The average molecular weight is 716 g/mol. The second-order valence-electron chi connectivity index (χ2n) is 13.1. The van der Waals surface area contributed by atoms with E-state index in [9.17, 15) is 4.80 Å². The lowest BCUT2D eigenvalue weighted by atomic mass is 11.8. The van der Waals surface area contributed by atoms with E-state index in [-0.39, 0.29) is 0 Å². The van der Waals surface area contributed by atoms with E-state index in [0.29, 0.717) is 0 Å². The summed E-state index contributed by atoms with van der Waals surface area (Å²) in [6, 6.07) is 0. The quantitative estimate of drug-likeness (QED) is 0.163. The van der Waals surface area contributed by atoms with Gasteiger partial charge in [0.2, 0.25) is 32.1 Å². The second-order valence-corrected chi connectivity index (χ2v) is 68.1. The predicted octanol–water partition coefficient (Wildman–Crippen LogP) is 4.24. The summed E-state index contributed by atoms with van der Waals surface area (Å²) in [7, 11) is -8.71. The number of rotatable bonds is 14. The highest BCUT2D eigenvalue weighted by Gasteiger charge is 2.52. The molecular weight excluding hydrogens is 649 g/mol. The Bertz CT molecular complexity index is 618. The van der Waals surface area contributed by atoms with E-state index in [2.05, 4.69) is 98.2 Å². The minimum Gasteiger partial charge on any atom is -0.461 e. The lowest BCUT2D eigenvalue weighted by Crippen LogP contribution is -2.69. The normalized spacial score (nSPS) is 17.1. The molecule has 0 bridgehead atoms. The maximum atomic E-state index is 10.3. The third kappa shape index (κ3) is 19.1. The molecule has 0 aromatic heterocycles. The standard InChI is InChI=1S/C7H24O3Si4.C7H22O3Si3.C6H20O2Si3/c1-9-14(7,13(5,6)8)12(4)10-11(2)3;1-8-13(6,7)11(2)9-10-12(3,4)5;1-7-10(4)11(5,6)8-9(2)3/h8,11-12H,1-7H3;11H,1-7H3;9-10H,1-6H3. The molecular formula is C20H66O8Si10. The molecule has 0 aliphatic heterocycles. The van der Waals surface area contributed by atoms with Crippen LogP contribution in [0, 0.1) is 0 Å². The zero-order valence-corrected chi connectivity index (χ0v) is 39.5. The van der Waals surface area contributed by atoms with Gasteiger partial charge in [-0.05, 0) is 111 Å². The van der Waals surface area contributed by atoms with Gasteiger partial charge in [0, 0.05) is 21.3 Å². The highest BCUT2D eigenvalue weighted by atomic mass is 29.6. The molecule has 0 heterocycles. The van der Waals surface area contributed by atoms with E-state index in [4.69, 9.17) is 30.7 Å². The Morgan fingerprint density at radius 1 is 0.553 bits per heavy atom. The largest absolute Gasteiger partial charge is 0.461 e. The summed E-state index contributed by atoms with van der Waals surface area (Å²) in [5, 5.41) is 0. The van der Waals surface area contributed by atoms with Crippen molar-refractivity contribution in [1.29, 1.82) is 0 Å². The lowest BCUT2D eigenvalue weighted by molar-refractivity contribution is -0.114. The molecule has 0 aliphatic carbocycles. The van der Waals surface area contributed by atoms with Crippen molar-refractivity contribution < 1.29 is 35.5 Å². The fourth-order valence-corrected chi connectivity index (χ4v) is 46.6. The fourth-order valence-electron chi connectivity index (χ4n) is 2.94. The van der Waals surface area contributed by atoms with Gasteiger partial charge in [-0.15, -0.1) is 0 Å². The molecule has 38 heavy (non-hydrogen) atoms. The Hall–Kier alpha value is 1.85. The average Bonchev–Trinajstić information content (AvgIpc) is 2.74. The number of hydrogen-bond donors (Lipinski definition) is 1. The summed E-state index contributed by atoms with van der Waals surface area (Å²) in [6.45, 7) is 36.8. The first kappa shape index (κ1) is 44.3. The molecule has 0 fully saturated rings. The molecule has 0 spiro atoms. The van der Waals surface area contributed by atoms with Crippen LogP contribution in [0.3, 0.4) is 0 Å². The van der Waals surface area contributed by atoms with Crippen molar-refractivity contribution in [2.45, 2.75) is 111 Å². The Morgan fingerprint density at radius 3 is 1.26 bits per heavy atom. The minimum atomic E-state index is -2.17. The van der Waals surface area contributed by atoms with Crippen LogP contribution in [0.1, 0.15) is 0 Å². The Labute approximate surface area is 249 Å². The monoisotopic (exact) mass is 714 g/mol. The summed E-state index contributed by atoms with van der Waals surface area (Å²) in [5.41, 5.74) is 0. The van der Waals surface area contributed by atoms with E-state index in [1.165, 1.54) is 0 Å². The van der Waals surface area contributed by atoms with Crippen LogP contribution in [0.25, 0.3) is 0 Å². The van der Waals surface area contributed by atoms with Crippen molar-refractivity contribution >= 4 is 82.9 Å². The highest BCUT2D eigenvalue weighted by molar-refractivity contribution is 7.59. The van der Waals surface area contributed by atoms with Crippen LogP contribution >= 0.6 is 0 Å². The van der Waals surface area contributed by atoms with Crippen molar-refractivity contribution in [2.75, 3.05) is 21.3 Å². The van der Waals surface area contributed by atoms with Crippen molar-refractivity contribution in [3.63, 3.8) is 0 Å². The van der Waals surface area contributed by atoms with Gasteiger partial charge in [-0.1, -0.05) is 0 Å². The number of hydrogen-bond acceptors (Lipinski definition) is 8. The fraction of sp³-hybridized carbons (Fsp3) is 1.00. The van der Waals surface area contributed by atoms with Gasteiger partial charge in [0.05, 0.1) is 0 Å². The molecule has 4 unspecified atom stereocenters. The third-order valence-corrected chi connectivity index (χ3v) is 65.7. The van der Waals surface area contributed by atoms with Gasteiger partial charge in [0.15, 0.2) is 50.9 Å². The maximum absolute atomic E-state index is 10.3. The van der Waals surface area contributed by atoms with E-state index < -0.39 is 82.9 Å². The van der Waals surface area contributed by atoms with Crippen molar-refractivity contribution in [3.05, 3.63) is 0 Å². The van der Waals surface area contributed by atoms with E-state index in [1.807, 2.05) is 20.2 Å². The first-order valence-corrected chi connectivity index (χ1v) is 45.2. The van der Waals surface area contributed by atoms with Gasteiger partial charge in [-0.2, -0.15) is 0 Å². The molecule has 0 saturated carbocycles. The van der Waals surface area contributed by atoms with E-state index >= 15 is 0 Å². The zero-order valence-electron chi connectivity index (χ0n) is 28.7. The molecule has 8 nitrogen and oxygen atoms in total. The van der Waals surface area contributed by atoms with Crippen molar-refractivity contribution in [2.24, 2.45) is 0 Å². The summed E-state index contributed by atoms with van der Waals surface area (Å²) in [4.78, 5) is 10.3. The van der Waals surface area contributed by atoms with Crippen LogP contribution in [0.4, 0.5) is 0 Å². The van der Waals surface area contributed by atoms with Crippen molar-refractivity contribution in [3.8, 4) is 0 Å². The molecule has 0 rings (SSSR count). The molecule has 0 aromatic carbocycles. The molecule has 0 aliphatic rings. The topological polar surface area (TPSA) is 84.8 Å². The van der Waals surface area contributed by atoms with Gasteiger partial charge in [-0.3, -0.25) is 4.58 Å². The van der Waals surface area contributed by atoms with Crippen LogP contribution < -0.4 is 0 Å². The smallest absolute Gasteiger partial charge is 0.237 e. The Kier molecular flexibility index (Phi) is 22.4. The van der Waals surface area contributed by atoms with Crippen LogP contribution in [0.2, 0.25) is 111 Å². The van der Waals surface area contributed by atoms with Gasteiger partial charge in [0.25, 0.3) is 0 Å². The lowest BCUT2D eigenvalue weighted by Gasteiger charge is -2.39. The van der Waals surface area contributed by atoms with Crippen LogP contribution in [-0.4, -0.2) is 109 Å². The summed E-state index contributed by atoms with van der Waals surface area (Å²) in [6.07, 6.45) is 0. The van der Waals surface area contributed by atoms with Gasteiger partial charge < -0.3 is 30.9 Å². The van der Waals surface area contributed by atoms with Crippen molar-refractivity contribution in [1.82, 2.24) is 0 Å². The maximum Gasteiger partial charge on any atom is 0.237 e.